The van der Waals surface area contributed by atoms with Crippen molar-refractivity contribution in [1.29, 1.82) is 0 Å². The van der Waals surface area contributed by atoms with E-state index < -0.39 is 14.6 Å². The van der Waals surface area contributed by atoms with E-state index in [4.69, 9.17) is 4.74 Å². The highest BCUT2D eigenvalue weighted by Crippen LogP contribution is 2.15. The van der Waals surface area contributed by atoms with Gasteiger partial charge in [-0.3, -0.25) is 0 Å². The van der Waals surface area contributed by atoms with Crippen molar-refractivity contribution in [2.75, 3.05) is 19.4 Å². The predicted molar refractivity (Wildman–Crippen MR) is 82.9 cm³/mol. The van der Waals surface area contributed by atoms with Crippen LogP contribution < -0.4 is 10.1 Å². The van der Waals surface area contributed by atoms with Crippen LogP contribution in [0.4, 0.5) is 0 Å². The molecule has 0 aliphatic carbocycles. The van der Waals surface area contributed by atoms with Crippen molar-refractivity contribution in [3.63, 3.8) is 0 Å². The summed E-state index contributed by atoms with van der Waals surface area (Å²) in [6.45, 7) is 7.34. The standard InChI is InChI=1S/C15H25NO3S/c1-5-10-19-14-8-6-13(7-9-14)11-16-12-15(2,3)20(4,17)18/h6-9,16H,5,10-12H2,1-4H3. The van der Waals surface area contributed by atoms with Gasteiger partial charge in [0.2, 0.25) is 0 Å². The van der Waals surface area contributed by atoms with Crippen LogP contribution in [0.2, 0.25) is 0 Å². The Morgan fingerprint density at radius 2 is 1.80 bits per heavy atom. The highest BCUT2D eigenvalue weighted by molar-refractivity contribution is 7.92. The number of sulfone groups is 1. The van der Waals surface area contributed by atoms with E-state index in [0.717, 1.165) is 24.3 Å². The molecule has 1 aromatic rings. The van der Waals surface area contributed by atoms with Gasteiger partial charge in [-0.05, 0) is 38.0 Å². The first-order valence-corrected chi connectivity index (χ1v) is 8.77. The van der Waals surface area contributed by atoms with Gasteiger partial charge in [0, 0.05) is 19.3 Å². The molecule has 0 aliphatic heterocycles. The third-order valence-corrected chi connectivity index (χ3v) is 5.43. The van der Waals surface area contributed by atoms with Crippen molar-refractivity contribution in [3.8, 4) is 5.75 Å². The van der Waals surface area contributed by atoms with Gasteiger partial charge in [0.05, 0.1) is 11.4 Å². The molecule has 0 saturated carbocycles. The van der Waals surface area contributed by atoms with Crippen LogP contribution in [0.3, 0.4) is 0 Å². The Labute approximate surface area is 122 Å². The van der Waals surface area contributed by atoms with E-state index in [1.165, 1.54) is 6.26 Å². The number of benzene rings is 1. The van der Waals surface area contributed by atoms with Gasteiger partial charge in [0.25, 0.3) is 0 Å². The summed E-state index contributed by atoms with van der Waals surface area (Å²) >= 11 is 0. The maximum atomic E-state index is 11.6. The second kappa shape index (κ2) is 7.09. The number of nitrogens with one attached hydrogen (secondary N) is 1. The van der Waals surface area contributed by atoms with E-state index in [1.807, 2.05) is 24.3 Å². The molecule has 0 unspecified atom stereocenters. The third kappa shape index (κ3) is 5.13. The van der Waals surface area contributed by atoms with Crippen molar-refractivity contribution >= 4 is 9.84 Å². The molecule has 4 nitrogen and oxygen atoms in total. The lowest BCUT2D eigenvalue weighted by atomic mass is 10.2. The summed E-state index contributed by atoms with van der Waals surface area (Å²) in [5.74, 6) is 0.868. The van der Waals surface area contributed by atoms with E-state index in [0.29, 0.717) is 13.1 Å². The van der Waals surface area contributed by atoms with Gasteiger partial charge in [-0.2, -0.15) is 0 Å². The molecule has 0 atom stereocenters. The van der Waals surface area contributed by atoms with Crippen molar-refractivity contribution in [2.45, 2.75) is 38.5 Å². The van der Waals surface area contributed by atoms with E-state index in [9.17, 15) is 8.42 Å². The molecule has 0 radical (unpaired) electrons. The van der Waals surface area contributed by atoms with Gasteiger partial charge >= 0.3 is 0 Å². The zero-order chi connectivity index (χ0) is 15.2. The molecule has 1 aromatic carbocycles. The third-order valence-electron chi connectivity index (χ3n) is 3.28. The topological polar surface area (TPSA) is 55.4 Å². The number of rotatable bonds is 8. The molecule has 0 spiro atoms. The highest BCUT2D eigenvalue weighted by Gasteiger charge is 2.29. The lowest BCUT2D eigenvalue weighted by Crippen LogP contribution is -2.41. The SMILES string of the molecule is CCCOc1ccc(CNCC(C)(C)S(C)(=O)=O)cc1. The quantitative estimate of drug-likeness (QED) is 0.801. The first kappa shape index (κ1) is 17.0. The molecule has 1 N–H and O–H groups in total. The molecule has 114 valence electrons. The Morgan fingerprint density at radius 3 is 2.30 bits per heavy atom. The molecule has 0 fully saturated rings. The van der Waals surface area contributed by atoms with Gasteiger partial charge in [-0.25, -0.2) is 8.42 Å². The van der Waals surface area contributed by atoms with Crippen LogP contribution in [-0.2, 0) is 16.4 Å². The maximum absolute atomic E-state index is 11.6. The van der Waals surface area contributed by atoms with Gasteiger partial charge in [0.1, 0.15) is 5.75 Å². The molecule has 0 saturated heterocycles. The smallest absolute Gasteiger partial charge is 0.153 e. The van der Waals surface area contributed by atoms with Crippen LogP contribution >= 0.6 is 0 Å². The minimum atomic E-state index is -3.06. The van der Waals surface area contributed by atoms with Gasteiger partial charge < -0.3 is 10.1 Å². The molecule has 0 heterocycles. The second-order valence-corrected chi connectivity index (χ2v) is 8.28. The molecule has 5 heteroatoms. The summed E-state index contributed by atoms with van der Waals surface area (Å²) < 4.78 is 27.9. The predicted octanol–water partition coefficient (Wildman–Crippen LogP) is 2.39. The van der Waals surface area contributed by atoms with Crippen molar-refractivity contribution in [2.24, 2.45) is 0 Å². The van der Waals surface area contributed by atoms with Gasteiger partial charge in [0.15, 0.2) is 9.84 Å². The Bertz CT molecular complexity index is 506. The van der Waals surface area contributed by atoms with Crippen LogP contribution in [0.25, 0.3) is 0 Å². The summed E-state index contributed by atoms with van der Waals surface area (Å²) in [5, 5.41) is 3.19. The van der Waals surface area contributed by atoms with E-state index in [1.54, 1.807) is 13.8 Å². The summed E-state index contributed by atoms with van der Waals surface area (Å²) in [6, 6.07) is 7.86. The fraction of sp³-hybridized carbons (Fsp3) is 0.600. The van der Waals surface area contributed by atoms with Crippen LogP contribution in [0.1, 0.15) is 32.8 Å². The maximum Gasteiger partial charge on any atom is 0.153 e. The molecule has 1 rings (SSSR count). The molecule has 0 aromatic heterocycles. The Balaban J connectivity index is 2.47. The van der Waals surface area contributed by atoms with Gasteiger partial charge in [-0.15, -0.1) is 0 Å². The molecular weight excluding hydrogens is 274 g/mol. The second-order valence-electron chi connectivity index (χ2n) is 5.63. The Morgan fingerprint density at radius 1 is 1.20 bits per heavy atom. The van der Waals surface area contributed by atoms with Crippen LogP contribution in [0, 0.1) is 0 Å². The van der Waals surface area contributed by atoms with Crippen molar-refractivity contribution in [1.82, 2.24) is 5.32 Å². The van der Waals surface area contributed by atoms with Crippen LogP contribution in [0.15, 0.2) is 24.3 Å². The van der Waals surface area contributed by atoms with Crippen molar-refractivity contribution < 1.29 is 13.2 Å². The summed E-state index contributed by atoms with van der Waals surface area (Å²) in [5.41, 5.74) is 1.11. The first-order valence-electron chi connectivity index (χ1n) is 6.88. The fourth-order valence-electron chi connectivity index (χ4n) is 1.56. The lowest BCUT2D eigenvalue weighted by molar-refractivity contribution is 0.317. The normalized spacial score (nSPS) is 12.4. The molecule has 0 aliphatic rings. The van der Waals surface area contributed by atoms with E-state index in [2.05, 4.69) is 12.2 Å². The average molecular weight is 299 g/mol. The monoisotopic (exact) mass is 299 g/mol. The summed E-state index contributed by atoms with van der Waals surface area (Å²) in [6.07, 6.45) is 2.26. The summed E-state index contributed by atoms with van der Waals surface area (Å²) in [7, 11) is -3.06. The summed E-state index contributed by atoms with van der Waals surface area (Å²) in [4.78, 5) is 0. The minimum absolute atomic E-state index is 0.430. The molecule has 0 amide bonds. The number of hydrogen-bond acceptors (Lipinski definition) is 4. The number of hydrogen-bond donors (Lipinski definition) is 1. The zero-order valence-electron chi connectivity index (χ0n) is 12.8. The fourth-order valence-corrected chi connectivity index (χ4v) is 1.93. The highest BCUT2D eigenvalue weighted by atomic mass is 32.2. The zero-order valence-corrected chi connectivity index (χ0v) is 13.6. The van der Waals surface area contributed by atoms with Crippen LogP contribution in [0.5, 0.6) is 5.75 Å². The lowest BCUT2D eigenvalue weighted by Gasteiger charge is -2.22. The molecule has 20 heavy (non-hydrogen) atoms. The Kier molecular flexibility index (Phi) is 6.02. The largest absolute Gasteiger partial charge is 0.494 e. The Hall–Kier alpha value is -1.07. The van der Waals surface area contributed by atoms with Gasteiger partial charge in [-0.1, -0.05) is 19.1 Å². The van der Waals surface area contributed by atoms with Crippen LogP contribution in [-0.4, -0.2) is 32.6 Å². The van der Waals surface area contributed by atoms with E-state index in [-0.39, 0.29) is 0 Å². The minimum Gasteiger partial charge on any atom is -0.494 e. The van der Waals surface area contributed by atoms with Crippen molar-refractivity contribution in [3.05, 3.63) is 29.8 Å². The molecular formula is C15H25NO3S. The average Bonchev–Trinajstić information content (AvgIpc) is 2.36. The first-order chi connectivity index (χ1) is 9.26. The molecule has 0 bridgehead atoms. The number of ether oxygens (including phenoxy) is 1. The van der Waals surface area contributed by atoms with E-state index >= 15 is 0 Å².